The molecule has 1 rings (SSSR count). The molecule has 0 unspecified atom stereocenters. The zero-order valence-electron chi connectivity index (χ0n) is 8.29. The topological polar surface area (TPSA) is 26.0 Å². The molecule has 0 aliphatic carbocycles. The second kappa shape index (κ2) is 5.76. The summed E-state index contributed by atoms with van der Waals surface area (Å²) in [5, 5.41) is 0. The quantitative estimate of drug-likeness (QED) is 0.685. The van der Waals surface area contributed by atoms with Crippen LogP contribution in [-0.2, 0) is 0 Å². The lowest BCUT2D eigenvalue weighted by atomic mass is 10.0. The standard InChI is InChI=1S/C12H18N/c1-2-3-5-10-12(13)11-8-6-4-7-9-11/h4,6-9H,2-3,5,10,13H2,1H3. The molecule has 0 aliphatic heterocycles. The maximum absolute atomic E-state index is 5.95. The maximum atomic E-state index is 5.95. The van der Waals surface area contributed by atoms with Crippen molar-refractivity contribution in [2.45, 2.75) is 32.6 Å². The molecule has 0 saturated carbocycles. The SMILES string of the molecule is CCCCC[C](N)c1ccccc1. The van der Waals surface area contributed by atoms with Crippen LogP contribution in [0.4, 0.5) is 0 Å². The molecule has 1 aromatic carbocycles. The van der Waals surface area contributed by atoms with Crippen molar-refractivity contribution in [2.24, 2.45) is 5.73 Å². The van der Waals surface area contributed by atoms with Crippen LogP contribution in [0.3, 0.4) is 0 Å². The number of nitrogens with two attached hydrogens (primary N) is 1. The molecule has 0 fully saturated rings. The third kappa shape index (κ3) is 3.60. The minimum absolute atomic E-state index is 1.02. The fraction of sp³-hybridized carbons (Fsp3) is 0.417. The third-order valence-corrected chi connectivity index (χ3v) is 2.19. The summed E-state index contributed by atoms with van der Waals surface area (Å²) in [6.45, 7) is 2.21. The molecule has 2 N–H and O–H groups in total. The first-order valence-electron chi connectivity index (χ1n) is 5.01. The highest BCUT2D eigenvalue weighted by atomic mass is 14.6. The monoisotopic (exact) mass is 176 g/mol. The Morgan fingerprint density at radius 2 is 1.85 bits per heavy atom. The lowest BCUT2D eigenvalue weighted by molar-refractivity contribution is 0.679. The normalized spacial score (nSPS) is 10.7. The summed E-state index contributed by atoms with van der Waals surface area (Å²) in [4.78, 5) is 0. The third-order valence-electron chi connectivity index (χ3n) is 2.19. The molecule has 13 heavy (non-hydrogen) atoms. The van der Waals surface area contributed by atoms with Gasteiger partial charge in [0.05, 0.1) is 6.04 Å². The van der Waals surface area contributed by atoms with E-state index >= 15 is 0 Å². The van der Waals surface area contributed by atoms with Gasteiger partial charge in [-0.05, 0) is 12.0 Å². The summed E-state index contributed by atoms with van der Waals surface area (Å²) >= 11 is 0. The lowest BCUT2D eigenvalue weighted by Crippen LogP contribution is -2.10. The minimum atomic E-state index is 1.02. The zero-order chi connectivity index (χ0) is 9.52. The average Bonchev–Trinajstić information content (AvgIpc) is 2.19. The second-order valence-corrected chi connectivity index (χ2v) is 3.35. The van der Waals surface area contributed by atoms with E-state index in [0.717, 1.165) is 12.5 Å². The van der Waals surface area contributed by atoms with Crippen LogP contribution in [0.1, 0.15) is 38.2 Å². The smallest absolute Gasteiger partial charge is 0.0634 e. The lowest BCUT2D eigenvalue weighted by Gasteiger charge is -2.09. The van der Waals surface area contributed by atoms with Crippen molar-refractivity contribution in [3.8, 4) is 0 Å². The van der Waals surface area contributed by atoms with E-state index in [1.54, 1.807) is 0 Å². The molecule has 0 aliphatic rings. The highest BCUT2D eigenvalue weighted by molar-refractivity contribution is 5.27. The van der Waals surface area contributed by atoms with Crippen LogP contribution in [0.5, 0.6) is 0 Å². The number of benzene rings is 1. The molecule has 0 spiro atoms. The van der Waals surface area contributed by atoms with Crippen molar-refractivity contribution < 1.29 is 0 Å². The summed E-state index contributed by atoms with van der Waals surface area (Å²) in [6.07, 6.45) is 4.75. The average molecular weight is 176 g/mol. The summed E-state index contributed by atoms with van der Waals surface area (Å²) < 4.78 is 0. The van der Waals surface area contributed by atoms with Crippen LogP contribution in [0, 0.1) is 6.04 Å². The predicted octanol–water partition coefficient (Wildman–Crippen LogP) is 3.11. The number of hydrogen-bond acceptors (Lipinski definition) is 1. The van der Waals surface area contributed by atoms with Crippen molar-refractivity contribution in [3.63, 3.8) is 0 Å². The van der Waals surface area contributed by atoms with Gasteiger partial charge in [-0.1, -0.05) is 56.5 Å². The van der Waals surface area contributed by atoms with Gasteiger partial charge in [0.2, 0.25) is 0 Å². The summed E-state index contributed by atoms with van der Waals surface area (Å²) in [7, 11) is 0. The molecule has 0 saturated heterocycles. The number of hydrogen-bond donors (Lipinski definition) is 1. The summed E-state index contributed by atoms with van der Waals surface area (Å²) in [6, 6.07) is 11.2. The van der Waals surface area contributed by atoms with E-state index in [4.69, 9.17) is 5.73 Å². The Balaban J connectivity index is 2.35. The van der Waals surface area contributed by atoms with Crippen molar-refractivity contribution >= 4 is 0 Å². The van der Waals surface area contributed by atoms with E-state index in [2.05, 4.69) is 19.1 Å². The van der Waals surface area contributed by atoms with E-state index in [1.165, 1.54) is 24.8 Å². The minimum Gasteiger partial charge on any atom is -0.320 e. The molecule has 0 amide bonds. The molecule has 0 aromatic heterocycles. The van der Waals surface area contributed by atoms with Gasteiger partial charge in [0, 0.05) is 0 Å². The molecule has 1 aromatic rings. The number of rotatable bonds is 5. The van der Waals surface area contributed by atoms with Gasteiger partial charge in [0.25, 0.3) is 0 Å². The van der Waals surface area contributed by atoms with E-state index in [1.807, 2.05) is 18.2 Å². The highest BCUT2D eigenvalue weighted by Crippen LogP contribution is 2.15. The largest absolute Gasteiger partial charge is 0.320 e. The molecule has 1 heteroatoms. The van der Waals surface area contributed by atoms with E-state index < -0.39 is 0 Å². The number of unbranched alkanes of at least 4 members (excludes halogenated alkanes) is 2. The first kappa shape index (κ1) is 10.3. The van der Waals surface area contributed by atoms with Crippen molar-refractivity contribution in [1.82, 2.24) is 0 Å². The predicted molar refractivity (Wildman–Crippen MR) is 57.1 cm³/mol. The van der Waals surface area contributed by atoms with E-state index in [9.17, 15) is 0 Å². The molecular weight excluding hydrogens is 158 g/mol. The fourth-order valence-electron chi connectivity index (χ4n) is 1.36. The molecule has 1 nitrogen and oxygen atoms in total. The van der Waals surface area contributed by atoms with Gasteiger partial charge in [-0.15, -0.1) is 0 Å². The Kier molecular flexibility index (Phi) is 4.55. The molecule has 0 atom stereocenters. The summed E-state index contributed by atoms with van der Waals surface area (Å²) in [5.74, 6) is 0. The van der Waals surface area contributed by atoms with Crippen LogP contribution < -0.4 is 5.73 Å². The van der Waals surface area contributed by atoms with Crippen molar-refractivity contribution in [3.05, 3.63) is 41.9 Å². The van der Waals surface area contributed by atoms with Crippen molar-refractivity contribution in [1.29, 1.82) is 0 Å². The Labute approximate surface area is 81.0 Å². The summed E-state index contributed by atoms with van der Waals surface area (Å²) in [5.41, 5.74) is 7.13. The van der Waals surface area contributed by atoms with Crippen LogP contribution in [0.2, 0.25) is 0 Å². The van der Waals surface area contributed by atoms with Gasteiger partial charge in [-0.3, -0.25) is 0 Å². The van der Waals surface area contributed by atoms with Gasteiger partial charge in [-0.2, -0.15) is 0 Å². The van der Waals surface area contributed by atoms with Crippen LogP contribution in [0.25, 0.3) is 0 Å². The van der Waals surface area contributed by atoms with Crippen LogP contribution in [-0.4, -0.2) is 0 Å². The van der Waals surface area contributed by atoms with Crippen molar-refractivity contribution in [2.75, 3.05) is 0 Å². The molecule has 0 bridgehead atoms. The van der Waals surface area contributed by atoms with Crippen LogP contribution >= 0.6 is 0 Å². The van der Waals surface area contributed by atoms with Gasteiger partial charge in [0.15, 0.2) is 0 Å². The first-order valence-corrected chi connectivity index (χ1v) is 5.01. The Morgan fingerprint density at radius 1 is 1.15 bits per heavy atom. The van der Waals surface area contributed by atoms with E-state index in [-0.39, 0.29) is 0 Å². The zero-order valence-corrected chi connectivity index (χ0v) is 8.29. The Bertz CT molecular complexity index is 218. The second-order valence-electron chi connectivity index (χ2n) is 3.35. The molecule has 71 valence electrons. The Morgan fingerprint density at radius 3 is 2.46 bits per heavy atom. The van der Waals surface area contributed by atoms with Gasteiger partial charge in [0.1, 0.15) is 0 Å². The van der Waals surface area contributed by atoms with Gasteiger partial charge >= 0.3 is 0 Å². The van der Waals surface area contributed by atoms with Gasteiger partial charge in [-0.25, -0.2) is 0 Å². The fourth-order valence-corrected chi connectivity index (χ4v) is 1.36. The molecular formula is C12H18N. The molecule has 1 radical (unpaired) electrons. The first-order chi connectivity index (χ1) is 6.34. The highest BCUT2D eigenvalue weighted by Gasteiger charge is 2.04. The van der Waals surface area contributed by atoms with Gasteiger partial charge < -0.3 is 5.73 Å². The van der Waals surface area contributed by atoms with Crippen LogP contribution in [0.15, 0.2) is 30.3 Å². The Hall–Kier alpha value is -0.820. The molecule has 0 heterocycles. The maximum Gasteiger partial charge on any atom is 0.0634 e. The van der Waals surface area contributed by atoms with E-state index in [0.29, 0.717) is 0 Å².